The lowest BCUT2D eigenvalue weighted by atomic mass is 9.86. The molecule has 5 heteroatoms. The Kier molecular flexibility index (Phi) is 1.75. The molecule has 0 amide bonds. The zero-order valence-electron chi connectivity index (χ0n) is 5.20. The van der Waals surface area contributed by atoms with Gasteiger partial charge in [0.15, 0.2) is 0 Å². The van der Waals surface area contributed by atoms with Crippen LogP contribution in [0.5, 0.6) is 0 Å². The Morgan fingerprint density at radius 2 is 2.44 bits per heavy atom. The van der Waals surface area contributed by atoms with Gasteiger partial charge in [0.2, 0.25) is 0 Å². The molecule has 1 aliphatic heterocycles. The van der Waals surface area contributed by atoms with Crippen LogP contribution in [-0.2, 0) is 0 Å². The Hall–Kier alpha value is -0.515. The van der Waals surface area contributed by atoms with Crippen molar-refractivity contribution < 1.29 is 10.0 Å². The Morgan fingerprint density at radius 3 is 2.67 bits per heavy atom. The van der Waals surface area contributed by atoms with E-state index in [-0.39, 0.29) is 0 Å². The smallest absolute Gasteiger partial charge is 0.422 e. The lowest BCUT2D eigenvalue weighted by Gasteiger charge is -2.14. The van der Waals surface area contributed by atoms with Crippen molar-refractivity contribution in [3.63, 3.8) is 0 Å². The second-order valence-electron chi connectivity index (χ2n) is 1.92. The summed E-state index contributed by atoms with van der Waals surface area (Å²) in [5.74, 6) is 0. The van der Waals surface area contributed by atoms with Gasteiger partial charge in [0.1, 0.15) is 0 Å². The molecule has 1 heterocycles. The van der Waals surface area contributed by atoms with Crippen molar-refractivity contribution in [2.45, 2.75) is 0 Å². The van der Waals surface area contributed by atoms with Crippen molar-refractivity contribution in [3.8, 4) is 0 Å². The summed E-state index contributed by atoms with van der Waals surface area (Å²) in [5, 5.41) is 18.8. The van der Waals surface area contributed by atoms with Crippen LogP contribution in [0, 0.1) is 0 Å². The maximum atomic E-state index is 8.63. The van der Waals surface area contributed by atoms with E-state index in [1.54, 1.807) is 18.1 Å². The standard InChI is InChI=1S/C4H9BN2O2/c1-7-4(5(8)9)2-3-6-7/h2,6,8-9H,3H2,1H3. The van der Waals surface area contributed by atoms with Crippen molar-refractivity contribution in [2.24, 2.45) is 0 Å². The highest BCUT2D eigenvalue weighted by atomic mass is 16.4. The lowest BCUT2D eigenvalue weighted by molar-refractivity contribution is 0.327. The average molecular weight is 128 g/mol. The van der Waals surface area contributed by atoms with E-state index in [0.717, 1.165) is 0 Å². The normalized spacial score (nSPS) is 18.1. The third-order valence-corrected chi connectivity index (χ3v) is 1.29. The summed E-state index contributed by atoms with van der Waals surface area (Å²) in [5.41, 5.74) is 3.38. The van der Waals surface area contributed by atoms with E-state index in [1.165, 1.54) is 0 Å². The summed E-state index contributed by atoms with van der Waals surface area (Å²) in [6.45, 7) is 0.670. The second-order valence-corrected chi connectivity index (χ2v) is 1.92. The van der Waals surface area contributed by atoms with Crippen molar-refractivity contribution in [2.75, 3.05) is 13.6 Å². The molecule has 0 saturated heterocycles. The quantitative estimate of drug-likeness (QED) is 0.369. The van der Waals surface area contributed by atoms with Crippen LogP contribution in [0.4, 0.5) is 0 Å². The largest absolute Gasteiger partial charge is 0.506 e. The maximum Gasteiger partial charge on any atom is 0.506 e. The molecule has 0 aromatic carbocycles. The van der Waals surface area contributed by atoms with Crippen molar-refractivity contribution >= 4 is 7.12 Å². The van der Waals surface area contributed by atoms with Gasteiger partial charge in [-0.2, -0.15) is 0 Å². The van der Waals surface area contributed by atoms with E-state index < -0.39 is 7.12 Å². The van der Waals surface area contributed by atoms with Crippen LogP contribution in [0.25, 0.3) is 0 Å². The number of hydrazine groups is 1. The summed E-state index contributed by atoms with van der Waals surface area (Å²) in [6, 6.07) is 0. The Bertz CT molecular complexity index is 137. The van der Waals surface area contributed by atoms with Crippen molar-refractivity contribution in [1.29, 1.82) is 0 Å². The molecule has 0 aromatic rings. The van der Waals surface area contributed by atoms with Gasteiger partial charge in [-0.3, -0.25) is 0 Å². The van der Waals surface area contributed by atoms with E-state index in [0.29, 0.717) is 12.1 Å². The molecule has 3 N–H and O–H groups in total. The molecule has 50 valence electrons. The van der Waals surface area contributed by atoms with Gasteiger partial charge < -0.3 is 15.1 Å². The van der Waals surface area contributed by atoms with Crippen LogP contribution in [-0.4, -0.2) is 35.8 Å². The average Bonchev–Trinajstić information content (AvgIpc) is 2.13. The molecule has 1 rings (SSSR count). The first-order chi connectivity index (χ1) is 4.22. The highest BCUT2D eigenvalue weighted by Crippen LogP contribution is 2.03. The zero-order valence-corrected chi connectivity index (χ0v) is 5.20. The monoisotopic (exact) mass is 128 g/mol. The molecule has 0 aromatic heterocycles. The van der Waals surface area contributed by atoms with Crippen LogP contribution in [0.15, 0.2) is 11.7 Å². The number of rotatable bonds is 1. The molecular weight excluding hydrogens is 119 g/mol. The molecule has 0 aliphatic carbocycles. The highest BCUT2D eigenvalue weighted by Gasteiger charge is 2.21. The first-order valence-corrected chi connectivity index (χ1v) is 2.75. The number of nitrogens with one attached hydrogen (secondary N) is 1. The Labute approximate surface area is 53.9 Å². The zero-order chi connectivity index (χ0) is 6.85. The molecule has 0 radical (unpaired) electrons. The second kappa shape index (κ2) is 2.39. The Balaban J connectivity index is 2.57. The van der Waals surface area contributed by atoms with E-state index in [9.17, 15) is 0 Å². The number of hydrogen-bond donors (Lipinski definition) is 3. The minimum absolute atomic E-state index is 0.509. The van der Waals surface area contributed by atoms with E-state index in [2.05, 4.69) is 5.43 Å². The molecule has 1 aliphatic rings. The molecule has 0 atom stereocenters. The third kappa shape index (κ3) is 1.24. The molecule has 0 fully saturated rings. The number of hydrogen-bond acceptors (Lipinski definition) is 4. The topological polar surface area (TPSA) is 55.7 Å². The summed E-state index contributed by atoms with van der Waals surface area (Å²) in [4.78, 5) is 0. The summed E-state index contributed by atoms with van der Waals surface area (Å²) < 4.78 is 0. The highest BCUT2D eigenvalue weighted by molar-refractivity contribution is 6.50. The van der Waals surface area contributed by atoms with Gasteiger partial charge in [0, 0.05) is 13.6 Å². The molecule has 9 heavy (non-hydrogen) atoms. The molecule has 0 saturated carbocycles. The van der Waals surface area contributed by atoms with Gasteiger partial charge in [0.25, 0.3) is 0 Å². The molecule has 0 bridgehead atoms. The predicted octanol–water partition coefficient (Wildman–Crippen LogP) is -1.67. The van der Waals surface area contributed by atoms with Gasteiger partial charge in [-0.1, -0.05) is 6.08 Å². The third-order valence-electron chi connectivity index (χ3n) is 1.29. The minimum Gasteiger partial charge on any atom is -0.422 e. The molecule has 0 unspecified atom stereocenters. The summed E-state index contributed by atoms with van der Waals surface area (Å²) in [6.07, 6.45) is 1.73. The van der Waals surface area contributed by atoms with Crippen LogP contribution < -0.4 is 5.43 Å². The van der Waals surface area contributed by atoms with Crippen LogP contribution in [0.1, 0.15) is 0 Å². The molecule has 0 spiro atoms. The van der Waals surface area contributed by atoms with Crippen LogP contribution >= 0.6 is 0 Å². The van der Waals surface area contributed by atoms with E-state index in [4.69, 9.17) is 10.0 Å². The maximum absolute atomic E-state index is 8.63. The fraction of sp³-hybridized carbons (Fsp3) is 0.500. The summed E-state index contributed by atoms with van der Waals surface area (Å²) >= 11 is 0. The van der Waals surface area contributed by atoms with Gasteiger partial charge in [-0.05, 0) is 0 Å². The van der Waals surface area contributed by atoms with Gasteiger partial charge in [-0.15, -0.1) is 0 Å². The van der Waals surface area contributed by atoms with Crippen LogP contribution in [0.3, 0.4) is 0 Å². The minimum atomic E-state index is -1.36. The fourth-order valence-corrected chi connectivity index (χ4v) is 0.794. The van der Waals surface area contributed by atoms with E-state index in [1.807, 2.05) is 0 Å². The first-order valence-electron chi connectivity index (χ1n) is 2.75. The number of nitrogens with zero attached hydrogens (tertiary/aromatic N) is 1. The van der Waals surface area contributed by atoms with Gasteiger partial charge in [-0.25, -0.2) is 5.43 Å². The predicted molar refractivity (Wildman–Crippen MR) is 34.0 cm³/mol. The van der Waals surface area contributed by atoms with Crippen molar-refractivity contribution in [3.05, 3.63) is 11.7 Å². The molecular formula is C4H9BN2O2. The summed E-state index contributed by atoms with van der Waals surface area (Å²) in [7, 11) is 0.378. The molecule has 4 nitrogen and oxygen atoms in total. The van der Waals surface area contributed by atoms with Gasteiger partial charge in [0.05, 0.1) is 5.60 Å². The lowest BCUT2D eigenvalue weighted by Crippen LogP contribution is -2.34. The fourth-order valence-electron chi connectivity index (χ4n) is 0.794. The van der Waals surface area contributed by atoms with E-state index >= 15 is 0 Å². The first kappa shape index (κ1) is 6.60. The van der Waals surface area contributed by atoms with Gasteiger partial charge >= 0.3 is 7.12 Å². The Morgan fingerprint density at radius 1 is 1.78 bits per heavy atom. The SMILES string of the molecule is CN1NCC=C1B(O)O. The van der Waals surface area contributed by atoms with Crippen molar-refractivity contribution in [1.82, 2.24) is 10.4 Å². The van der Waals surface area contributed by atoms with Crippen LogP contribution in [0.2, 0.25) is 0 Å².